The summed E-state index contributed by atoms with van der Waals surface area (Å²) in [7, 11) is -2.74. The zero-order valence-corrected chi connectivity index (χ0v) is 20.6. The van der Waals surface area contributed by atoms with Crippen molar-refractivity contribution in [3.63, 3.8) is 0 Å². The van der Waals surface area contributed by atoms with Gasteiger partial charge in [0.1, 0.15) is 11.6 Å². The van der Waals surface area contributed by atoms with E-state index < -0.39 is 39.4 Å². The van der Waals surface area contributed by atoms with Crippen molar-refractivity contribution >= 4 is 26.7 Å². The molecule has 8 nitrogen and oxygen atoms in total. The molecule has 0 radical (unpaired) electrons. The van der Waals surface area contributed by atoms with Crippen LogP contribution < -0.4 is 15.0 Å². The molecule has 0 amide bonds. The van der Waals surface area contributed by atoms with Crippen molar-refractivity contribution in [1.29, 1.82) is 0 Å². The first-order valence-corrected chi connectivity index (χ1v) is 12.9. The summed E-state index contributed by atoms with van der Waals surface area (Å²) in [4.78, 5) is 12.8. The molecule has 198 valence electrons. The third-order valence-corrected chi connectivity index (χ3v) is 7.92. The number of fused-ring (bicyclic) bond motifs is 1. The third kappa shape index (κ3) is 4.69. The second kappa shape index (κ2) is 9.39. The molecule has 0 aliphatic heterocycles. The number of hydrogen-bond donors (Lipinski definition) is 1. The summed E-state index contributed by atoms with van der Waals surface area (Å²) in [5.41, 5.74) is -0.161. The zero-order valence-electron chi connectivity index (χ0n) is 19.7. The maximum absolute atomic E-state index is 15.2. The molecule has 0 atom stereocenters. The minimum atomic E-state index is -4.33. The lowest BCUT2D eigenvalue weighted by molar-refractivity contribution is -0.197. The second-order valence-electron chi connectivity index (χ2n) is 8.89. The topological polar surface area (TPSA) is 103 Å². The van der Waals surface area contributed by atoms with E-state index in [-0.39, 0.29) is 46.1 Å². The molecule has 1 N–H and O–H groups in total. The molecule has 0 spiro atoms. The first kappa shape index (κ1) is 25.6. The van der Waals surface area contributed by atoms with Crippen molar-refractivity contribution < 1.29 is 30.7 Å². The predicted molar refractivity (Wildman–Crippen MR) is 130 cm³/mol. The molecular weight excluding hydrogens is 528 g/mol. The van der Waals surface area contributed by atoms with E-state index in [0.29, 0.717) is 5.39 Å². The van der Waals surface area contributed by atoms with Crippen LogP contribution >= 0.6 is 0 Å². The molecule has 4 aromatic rings. The summed E-state index contributed by atoms with van der Waals surface area (Å²) in [6.45, 7) is 0. The van der Waals surface area contributed by atoms with Gasteiger partial charge >= 0.3 is 6.18 Å². The van der Waals surface area contributed by atoms with Gasteiger partial charge in [0.25, 0.3) is 15.6 Å². The highest BCUT2D eigenvalue weighted by Crippen LogP contribution is 2.50. The molecule has 0 saturated heterocycles. The molecule has 1 aliphatic rings. The number of aromatic nitrogens is 3. The average molecular weight is 549 g/mol. The fraction of sp³-hybridized carbons (Fsp3) is 0.240. The van der Waals surface area contributed by atoms with E-state index >= 15 is 4.39 Å². The van der Waals surface area contributed by atoms with Gasteiger partial charge in [-0.3, -0.25) is 14.1 Å². The van der Waals surface area contributed by atoms with E-state index in [1.807, 2.05) is 0 Å². The number of pyridine rings is 1. The second-order valence-corrected chi connectivity index (χ2v) is 10.6. The number of nitrogens with zero attached hydrogens (tertiary/aromatic N) is 3. The SMILES string of the molecule is COc1cc(C2CC(C(F)(F)F)C2)c(F)cc1-n1c(=O)ccc2cc(S(=O)(=O)Nc3cccnn3)ccc21. The number of nitrogens with one attached hydrogen (secondary N) is 1. The van der Waals surface area contributed by atoms with Crippen molar-refractivity contribution in [2.24, 2.45) is 5.92 Å². The number of methoxy groups -OCH3 is 1. The van der Waals surface area contributed by atoms with Crippen molar-refractivity contribution in [2.45, 2.75) is 29.8 Å². The first-order valence-electron chi connectivity index (χ1n) is 11.4. The number of alkyl halides is 3. The third-order valence-electron chi connectivity index (χ3n) is 6.57. The average Bonchev–Trinajstić information content (AvgIpc) is 2.83. The number of ether oxygens (including phenoxy) is 1. The van der Waals surface area contributed by atoms with Crippen LogP contribution in [0, 0.1) is 11.7 Å². The Bertz CT molecular complexity index is 1690. The molecule has 0 unspecified atom stereocenters. The van der Waals surface area contributed by atoms with Crippen LogP contribution in [0.25, 0.3) is 16.6 Å². The summed E-state index contributed by atoms with van der Waals surface area (Å²) in [5.74, 6) is -2.75. The highest BCUT2D eigenvalue weighted by Gasteiger charge is 2.48. The highest BCUT2D eigenvalue weighted by atomic mass is 32.2. The van der Waals surface area contributed by atoms with E-state index in [0.717, 1.165) is 10.6 Å². The smallest absolute Gasteiger partial charge is 0.391 e. The molecule has 1 saturated carbocycles. The molecule has 5 rings (SSSR count). The Morgan fingerprint density at radius 2 is 1.84 bits per heavy atom. The monoisotopic (exact) mass is 548 g/mol. The van der Waals surface area contributed by atoms with Gasteiger partial charge < -0.3 is 4.74 Å². The van der Waals surface area contributed by atoms with Crippen molar-refractivity contribution in [3.05, 3.63) is 82.5 Å². The molecule has 2 aromatic carbocycles. The minimum Gasteiger partial charge on any atom is -0.495 e. The van der Waals surface area contributed by atoms with Gasteiger partial charge in [0, 0.05) is 23.7 Å². The molecule has 2 aromatic heterocycles. The molecular formula is C25H20F4N4O4S. The summed E-state index contributed by atoms with van der Waals surface area (Å²) < 4.78 is 88.5. The lowest BCUT2D eigenvalue weighted by atomic mass is 9.71. The van der Waals surface area contributed by atoms with E-state index in [4.69, 9.17) is 4.74 Å². The molecule has 0 bridgehead atoms. The van der Waals surface area contributed by atoms with Crippen molar-refractivity contribution in [1.82, 2.24) is 14.8 Å². The van der Waals surface area contributed by atoms with Crippen molar-refractivity contribution in [3.8, 4) is 11.4 Å². The highest BCUT2D eigenvalue weighted by molar-refractivity contribution is 7.92. The summed E-state index contributed by atoms with van der Waals surface area (Å²) in [6, 6.07) is 12.0. The molecule has 13 heteroatoms. The molecule has 38 heavy (non-hydrogen) atoms. The fourth-order valence-electron chi connectivity index (χ4n) is 4.54. The van der Waals surface area contributed by atoms with Gasteiger partial charge in [0.05, 0.1) is 29.1 Å². The fourth-order valence-corrected chi connectivity index (χ4v) is 5.57. The quantitative estimate of drug-likeness (QED) is 0.348. The van der Waals surface area contributed by atoms with Gasteiger partial charge in [-0.25, -0.2) is 12.8 Å². The molecule has 2 heterocycles. The normalized spacial score (nSPS) is 17.7. The Morgan fingerprint density at radius 1 is 1.08 bits per heavy atom. The van der Waals surface area contributed by atoms with Crippen LogP contribution in [0.15, 0.2) is 70.5 Å². The van der Waals surface area contributed by atoms with Crippen LogP contribution in [-0.4, -0.2) is 36.5 Å². The Hall–Kier alpha value is -4.00. The van der Waals surface area contributed by atoms with Crippen LogP contribution in [0.5, 0.6) is 5.75 Å². The Labute approximate surface area is 213 Å². The number of benzene rings is 2. The van der Waals surface area contributed by atoms with Gasteiger partial charge in [0.2, 0.25) is 0 Å². The van der Waals surface area contributed by atoms with Crippen LogP contribution in [0.4, 0.5) is 23.4 Å². The van der Waals surface area contributed by atoms with Gasteiger partial charge in [-0.1, -0.05) is 0 Å². The number of anilines is 1. The maximum Gasteiger partial charge on any atom is 0.391 e. The van der Waals surface area contributed by atoms with Gasteiger partial charge in [0.15, 0.2) is 5.82 Å². The van der Waals surface area contributed by atoms with Crippen LogP contribution in [0.3, 0.4) is 0 Å². The van der Waals surface area contributed by atoms with Crippen molar-refractivity contribution in [2.75, 3.05) is 11.8 Å². The Kier molecular flexibility index (Phi) is 6.33. The number of halogens is 4. The zero-order chi connectivity index (χ0) is 27.2. The number of sulfonamides is 1. The van der Waals surface area contributed by atoms with Gasteiger partial charge in [-0.15, -0.1) is 5.10 Å². The predicted octanol–water partition coefficient (Wildman–Crippen LogP) is 4.79. The number of hydrogen-bond acceptors (Lipinski definition) is 6. The minimum absolute atomic E-state index is 0.0193. The van der Waals surface area contributed by atoms with Crippen LogP contribution in [0.1, 0.15) is 24.3 Å². The molecule has 1 fully saturated rings. The molecule has 1 aliphatic carbocycles. The van der Waals surface area contributed by atoms with Crippen LogP contribution in [-0.2, 0) is 10.0 Å². The summed E-state index contributed by atoms with van der Waals surface area (Å²) >= 11 is 0. The Balaban J connectivity index is 1.54. The van der Waals surface area contributed by atoms with Gasteiger partial charge in [-0.05, 0) is 66.8 Å². The van der Waals surface area contributed by atoms with E-state index in [2.05, 4.69) is 14.9 Å². The lowest BCUT2D eigenvalue weighted by Crippen LogP contribution is -2.34. The van der Waals surface area contributed by atoms with Crippen LogP contribution in [0.2, 0.25) is 0 Å². The van der Waals surface area contributed by atoms with E-state index in [1.54, 1.807) is 0 Å². The number of rotatable bonds is 6. The largest absolute Gasteiger partial charge is 0.495 e. The summed E-state index contributed by atoms with van der Waals surface area (Å²) in [5, 5.41) is 7.68. The van der Waals surface area contributed by atoms with E-state index in [9.17, 15) is 26.4 Å². The maximum atomic E-state index is 15.2. The summed E-state index contributed by atoms with van der Waals surface area (Å²) in [6.07, 6.45) is -3.39. The van der Waals surface area contributed by atoms with E-state index in [1.165, 1.54) is 61.8 Å². The van der Waals surface area contributed by atoms with Gasteiger partial charge in [-0.2, -0.15) is 18.3 Å². The standard InChI is InChI=1S/C25H20F4N4O4S/c1-37-22-12-18(15-9-16(10-15)25(27,28)29)19(26)13-21(22)33-20-6-5-17(11-14(20)4-7-24(33)34)38(35,36)32-23-3-2-8-30-31-23/h2-8,11-13,15-16H,9-10H2,1H3,(H,31,32). The lowest BCUT2D eigenvalue weighted by Gasteiger charge is -2.37. The Morgan fingerprint density at radius 3 is 2.50 bits per heavy atom. The first-order chi connectivity index (χ1) is 18.0.